The number of aromatic nitrogens is 2. The molecule has 0 fully saturated rings. The van der Waals surface area contributed by atoms with E-state index in [9.17, 15) is 4.79 Å². The predicted molar refractivity (Wildman–Crippen MR) is 99.2 cm³/mol. The van der Waals surface area contributed by atoms with Crippen LogP contribution in [-0.4, -0.2) is 54.6 Å². The van der Waals surface area contributed by atoms with E-state index in [-0.39, 0.29) is 18.4 Å². The molecule has 3 rings (SSSR count). The lowest BCUT2D eigenvalue weighted by Gasteiger charge is -2.25. The second kappa shape index (κ2) is 8.44. The molecule has 1 aliphatic rings. The monoisotopic (exact) mass is 354 g/mol. The Labute approximate surface area is 152 Å². The van der Waals surface area contributed by atoms with Gasteiger partial charge < -0.3 is 9.47 Å². The van der Waals surface area contributed by atoms with Crippen molar-refractivity contribution in [3.63, 3.8) is 0 Å². The van der Waals surface area contributed by atoms with Gasteiger partial charge in [-0.05, 0) is 17.6 Å². The van der Waals surface area contributed by atoms with E-state index in [2.05, 4.69) is 38.4 Å². The fourth-order valence-electron chi connectivity index (χ4n) is 2.81. The first kappa shape index (κ1) is 17.9. The van der Waals surface area contributed by atoms with Gasteiger partial charge in [0.1, 0.15) is 0 Å². The number of anilines is 1. The van der Waals surface area contributed by atoms with Crippen LogP contribution in [0.15, 0.2) is 42.5 Å². The highest BCUT2D eigenvalue weighted by Gasteiger charge is 2.17. The number of carbonyl (C=O) groups is 1. The molecule has 1 aromatic heterocycles. The summed E-state index contributed by atoms with van der Waals surface area (Å²) in [6, 6.07) is 11.9. The molecule has 1 N–H and O–H groups in total. The van der Waals surface area contributed by atoms with Crippen LogP contribution in [0.2, 0.25) is 0 Å². The highest BCUT2D eigenvalue weighted by atomic mass is 16.5. The molecule has 7 heteroatoms. The number of methoxy groups -OCH3 is 2. The zero-order valence-electron chi connectivity index (χ0n) is 14.9. The topological polar surface area (TPSA) is 76.6 Å². The summed E-state index contributed by atoms with van der Waals surface area (Å²) in [5.74, 6) is 0.668. The number of hydrogen-bond donors (Lipinski definition) is 1. The molecule has 0 saturated heterocycles. The van der Waals surface area contributed by atoms with Crippen molar-refractivity contribution in [3.05, 3.63) is 48.0 Å². The van der Waals surface area contributed by atoms with Gasteiger partial charge in [0.15, 0.2) is 0 Å². The van der Waals surface area contributed by atoms with E-state index in [0.717, 1.165) is 19.5 Å². The highest BCUT2D eigenvalue weighted by Crippen LogP contribution is 2.22. The van der Waals surface area contributed by atoms with Gasteiger partial charge in [-0.2, -0.15) is 9.97 Å². The first-order chi connectivity index (χ1) is 12.7. The standard InChI is InChI=1S/C19H22N4O3/c1-25-17-12-18(26-2)22-19(21-17)20-16(24)13-23-10-8-15(9-11-23)14-6-4-3-5-7-14/h3-8,12H,9-11,13H2,1-2H3,(H,20,21,22,24). The molecule has 7 nitrogen and oxygen atoms in total. The summed E-state index contributed by atoms with van der Waals surface area (Å²) in [7, 11) is 3.00. The molecule has 2 aromatic rings. The minimum absolute atomic E-state index is 0.170. The SMILES string of the molecule is COc1cc(OC)nc(NC(=O)CN2CC=C(c3ccccc3)CC2)n1. The van der Waals surface area contributed by atoms with Gasteiger partial charge in [0, 0.05) is 13.1 Å². The second-order valence-electron chi connectivity index (χ2n) is 5.90. The maximum atomic E-state index is 12.3. The van der Waals surface area contributed by atoms with Gasteiger partial charge in [-0.1, -0.05) is 36.4 Å². The molecule has 1 amide bonds. The van der Waals surface area contributed by atoms with Crippen molar-refractivity contribution in [1.29, 1.82) is 0 Å². The average Bonchev–Trinajstić information content (AvgIpc) is 2.68. The molecular formula is C19H22N4O3. The highest BCUT2D eigenvalue weighted by molar-refractivity contribution is 5.90. The number of carbonyl (C=O) groups excluding carboxylic acids is 1. The third kappa shape index (κ3) is 4.58. The maximum absolute atomic E-state index is 12.3. The second-order valence-corrected chi connectivity index (χ2v) is 5.90. The van der Waals surface area contributed by atoms with E-state index in [1.807, 2.05) is 18.2 Å². The van der Waals surface area contributed by atoms with Crippen molar-refractivity contribution in [2.75, 3.05) is 39.2 Å². The average molecular weight is 354 g/mol. The van der Waals surface area contributed by atoms with Gasteiger partial charge in [-0.25, -0.2) is 0 Å². The number of benzene rings is 1. The quantitative estimate of drug-likeness (QED) is 0.857. The molecule has 0 radical (unpaired) electrons. The summed E-state index contributed by atoms with van der Waals surface area (Å²) in [4.78, 5) is 22.6. The number of nitrogens with one attached hydrogen (secondary N) is 1. The fourth-order valence-corrected chi connectivity index (χ4v) is 2.81. The molecule has 0 aliphatic carbocycles. The van der Waals surface area contributed by atoms with Crippen molar-refractivity contribution in [2.45, 2.75) is 6.42 Å². The Morgan fingerprint density at radius 3 is 2.42 bits per heavy atom. The van der Waals surface area contributed by atoms with Crippen LogP contribution >= 0.6 is 0 Å². The third-order valence-corrected chi connectivity index (χ3v) is 4.15. The zero-order chi connectivity index (χ0) is 18.4. The Hall–Kier alpha value is -2.93. The normalized spacial score (nSPS) is 14.5. The van der Waals surface area contributed by atoms with Crippen LogP contribution in [0.5, 0.6) is 11.8 Å². The van der Waals surface area contributed by atoms with Crippen LogP contribution in [0, 0.1) is 0 Å². The molecule has 0 atom stereocenters. The van der Waals surface area contributed by atoms with Gasteiger partial charge in [0.2, 0.25) is 23.6 Å². The summed E-state index contributed by atoms with van der Waals surface area (Å²) in [5.41, 5.74) is 2.57. The van der Waals surface area contributed by atoms with E-state index in [0.29, 0.717) is 11.8 Å². The van der Waals surface area contributed by atoms with Gasteiger partial charge in [0.05, 0.1) is 26.8 Å². The maximum Gasteiger partial charge on any atom is 0.240 e. The zero-order valence-corrected chi connectivity index (χ0v) is 14.9. The Morgan fingerprint density at radius 2 is 1.85 bits per heavy atom. The van der Waals surface area contributed by atoms with Gasteiger partial charge >= 0.3 is 0 Å². The Bertz CT molecular complexity index is 770. The van der Waals surface area contributed by atoms with Crippen molar-refractivity contribution in [3.8, 4) is 11.8 Å². The number of amides is 1. The van der Waals surface area contributed by atoms with Crippen LogP contribution in [-0.2, 0) is 4.79 Å². The van der Waals surface area contributed by atoms with E-state index in [1.165, 1.54) is 25.4 Å². The van der Waals surface area contributed by atoms with E-state index in [1.54, 1.807) is 6.07 Å². The minimum Gasteiger partial charge on any atom is -0.481 e. The molecule has 0 saturated carbocycles. The van der Waals surface area contributed by atoms with E-state index >= 15 is 0 Å². The molecule has 0 unspecified atom stereocenters. The number of ether oxygens (including phenoxy) is 2. The van der Waals surface area contributed by atoms with Crippen LogP contribution in [0.3, 0.4) is 0 Å². The molecule has 0 spiro atoms. The Morgan fingerprint density at radius 1 is 1.15 bits per heavy atom. The smallest absolute Gasteiger partial charge is 0.240 e. The van der Waals surface area contributed by atoms with Crippen molar-refractivity contribution < 1.29 is 14.3 Å². The van der Waals surface area contributed by atoms with Crippen LogP contribution in [0.25, 0.3) is 5.57 Å². The lowest BCUT2D eigenvalue weighted by molar-refractivity contribution is -0.117. The van der Waals surface area contributed by atoms with Gasteiger partial charge in [-0.3, -0.25) is 15.0 Å². The van der Waals surface area contributed by atoms with Crippen molar-refractivity contribution in [1.82, 2.24) is 14.9 Å². The van der Waals surface area contributed by atoms with Crippen molar-refractivity contribution in [2.24, 2.45) is 0 Å². The summed E-state index contributed by atoms with van der Waals surface area (Å²) in [6.07, 6.45) is 3.10. The van der Waals surface area contributed by atoms with Gasteiger partial charge in [0.25, 0.3) is 0 Å². The largest absolute Gasteiger partial charge is 0.481 e. The molecular weight excluding hydrogens is 332 g/mol. The molecule has 26 heavy (non-hydrogen) atoms. The minimum atomic E-state index is -0.170. The summed E-state index contributed by atoms with van der Waals surface area (Å²) < 4.78 is 10.2. The van der Waals surface area contributed by atoms with Crippen LogP contribution in [0.1, 0.15) is 12.0 Å². The van der Waals surface area contributed by atoms with Gasteiger partial charge in [-0.15, -0.1) is 0 Å². The Balaban J connectivity index is 1.57. The van der Waals surface area contributed by atoms with Crippen molar-refractivity contribution >= 4 is 17.4 Å². The van der Waals surface area contributed by atoms with Crippen LogP contribution in [0.4, 0.5) is 5.95 Å². The summed E-state index contributed by atoms with van der Waals surface area (Å²) in [5, 5.41) is 2.70. The fraction of sp³-hybridized carbons (Fsp3) is 0.316. The Kier molecular flexibility index (Phi) is 5.80. The molecule has 136 valence electrons. The summed E-state index contributed by atoms with van der Waals surface area (Å²) in [6.45, 7) is 1.85. The summed E-state index contributed by atoms with van der Waals surface area (Å²) >= 11 is 0. The lowest BCUT2D eigenvalue weighted by Crippen LogP contribution is -2.36. The number of hydrogen-bond acceptors (Lipinski definition) is 6. The number of nitrogens with zero attached hydrogens (tertiary/aromatic N) is 3. The lowest BCUT2D eigenvalue weighted by atomic mass is 10.00. The molecule has 0 bridgehead atoms. The molecule has 2 heterocycles. The number of rotatable bonds is 6. The van der Waals surface area contributed by atoms with E-state index < -0.39 is 0 Å². The molecule has 1 aliphatic heterocycles. The predicted octanol–water partition coefficient (Wildman–Crippen LogP) is 2.22. The third-order valence-electron chi connectivity index (χ3n) is 4.15. The first-order valence-electron chi connectivity index (χ1n) is 8.41. The van der Waals surface area contributed by atoms with E-state index in [4.69, 9.17) is 9.47 Å². The van der Waals surface area contributed by atoms with Crippen LogP contribution < -0.4 is 14.8 Å². The molecule has 1 aromatic carbocycles. The first-order valence-corrected chi connectivity index (χ1v) is 8.41.